The molecule has 0 spiro atoms. The Labute approximate surface area is 188 Å². The van der Waals surface area contributed by atoms with Gasteiger partial charge in [0.15, 0.2) is 8.32 Å². The van der Waals surface area contributed by atoms with Crippen LogP contribution in [0.15, 0.2) is 73.3 Å². The summed E-state index contributed by atoms with van der Waals surface area (Å²) in [6.45, 7) is 15.3. The van der Waals surface area contributed by atoms with Crippen molar-refractivity contribution < 1.29 is 14.0 Å². The zero-order valence-electron chi connectivity index (χ0n) is 19.6. The first-order valence-corrected chi connectivity index (χ1v) is 13.8. The Morgan fingerprint density at radius 2 is 1.65 bits per heavy atom. The van der Waals surface area contributed by atoms with Crippen molar-refractivity contribution in [1.82, 2.24) is 5.32 Å². The zero-order chi connectivity index (χ0) is 22.9. The predicted molar refractivity (Wildman–Crippen MR) is 130 cm³/mol. The molecule has 0 radical (unpaired) electrons. The largest absolute Gasteiger partial charge is 0.445 e. The highest BCUT2D eigenvalue weighted by Gasteiger charge is 2.40. The minimum absolute atomic E-state index is 0.0933. The lowest BCUT2D eigenvalue weighted by molar-refractivity contribution is 0.125. The Balaban J connectivity index is 2.10. The first-order valence-electron chi connectivity index (χ1n) is 10.9. The molecule has 31 heavy (non-hydrogen) atoms. The van der Waals surface area contributed by atoms with E-state index < -0.39 is 14.4 Å². The molecule has 0 fully saturated rings. The van der Waals surface area contributed by atoms with Gasteiger partial charge in [0.05, 0.1) is 6.10 Å². The molecule has 0 saturated heterocycles. The molecule has 0 saturated carbocycles. The molecule has 0 aliphatic rings. The van der Waals surface area contributed by atoms with Gasteiger partial charge in [-0.2, -0.15) is 0 Å². The van der Waals surface area contributed by atoms with E-state index in [-0.39, 0.29) is 23.8 Å². The van der Waals surface area contributed by atoms with Gasteiger partial charge in [-0.05, 0) is 42.1 Å². The van der Waals surface area contributed by atoms with Gasteiger partial charge in [-0.15, -0.1) is 6.58 Å². The van der Waals surface area contributed by atoms with Crippen molar-refractivity contribution in [3.63, 3.8) is 0 Å². The summed E-state index contributed by atoms with van der Waals surface area (Å²) in [5, 5.41) is 3.11. The summed E-state index contributed by atoms with van der Waals surface area (Å²) in [4.78, 5) is 12.5. The summed E-state index contributed by atoms with van der Waals surface area (Å²) in [6.07, 6.45) is 2.60. The van der Waals surface area contributed by atoms with Gasteiger partial charge in [0.2, 0.25) is 0 Å². The molecule has 0 unspecified atom stereocenters. The van der Waals surface area contributed by atoms with E-state index in [1.165, 1.54) is 0 Å². The second-order valence-electron chi connectivity index (χ2n) is 9.44. The molecule has 0 aliphatic carbocycles. The molecule has 0 aromatic heterocycles. The fourth-order valence-electron chi connectivity index (χ4n) is 3.06. The summed E-state index contributed by atoms with van der Waals surface area (Å²) in [5.74, 6) is 0. The molecule has 1 N–H and O–H groups in total. The number of carbonyl (C=O) groups is 1. The first kappa shape index (κ1) is 24.9. The van der Waals surface area contributed by atoms with Crippen LogP contribution in [0.25, 0.3) is 0 Å². The van der Waals surface area contributed by atoms with Crippen LogP contribution < -0.4 is 5.32 Å². The van der Waals surface area contributed by atoms with E-state index in [0.717, 1.165) is 11.1 Å². The molecular weight excluding hydrogens is 402 g/mol. The third-order valence-corrected chi connectivity index (χ3v) is 10.4. The van der Waals surface area contributed by atoms with Crippen molar-refractivity contribution in [3.8, 4) is 0 Å². The Kier molecular flexibility index (Phi) is 9.08. The van der Waals surface area contributed by atoms with Crippen molar-refractivity contribution in [2.24, 2.45) is 0 Å². The molecule has 2 aromatic carbocycles. The third kappa shape index (κ3) is 8.00. The molecule has 168 valence electrons. The van der Waals surface area contributed by atoms with Crippen LogP contribution >= 0.6 is 0 Å². The average Bonchev–Trinajstić information content (AvgIpc) is 2.72. The monoisotopic (exact) mass is 439 g/mol. The van der Waals surface area contributed by atoms with Gasteiger partial charge in [0, 0.05) is 6.04 Å². The smallest absolute Gasteiger partial charge is 0.407 e. The minimum Gasteiger partial charge on any atom is -0.445 e. The van der Waals surface area contributed by atoms with E-state index in [9.17, 15) is 4.79 Å². The number of alkyl carbamates (subject to hydrolysis) is 1. The van der Waals surface area contributed by atoms with E-state index >= 15 is 0 Å². The zero-order valence-corrected chi connectivity index (χ0v) is 20.6. The van der Waals surface area contributed by atoms with Gasteiger partial charge in [-0.25, -0.2) is 4.79 Å². The van der Waals surface area contributed by atoms with Gasteiger partial charge < -0.3 is 14.5 Å². The van der Waals surface area contributed by atoms with Gasteiger partial charge in [0.25, 0.3) is 0 Å². The van der Waals surface area contributed by atoms with Crippen molar-refractivity contribution in [3.05, 3.63) is 84.4 Å². The van der Waals surface area contributed by atoms with Crippen molar-refractivity contribution in [1.29, 1.82) is 0 Å². The highest BCUT2D eigenvalue weighted by Crippen LogP contribution is 2.41. The summed E-state index contributed by atoms with van der Waals surface area (Å²) >= 11 is 0. The number of amides is 1. The van der Waals surface area contributed by atoms with E-state index in [1.54, 1.807) is 0 Å². The quantitative estimate of drug-likeness (QED) is 0.320. The number of hydrogen-bond acceptors (Lipinski definition) is 3. The van der Waals surface area contributed by atoms with Gasteiger partial charge in [-0.3, -0.25) is 0 Å². The number of carbonyl (C=O) groups excluding carboxylic acids is 1. The van der Waals surface area contributed by atoms with E-state index in [0.29, 0.717) is 12.8 Å². The number of ether oxygens (including phenoxy) is 1. The van der Waals surface area contributed by atoms with Crippen LogP contribution in [0.4, 0.5) is 4.79 Å². The lowest BCUT2D eigenvalue weighted by atomic mass is 10.0. The van der Waals surface area contributed by atoms with Crippen LogP contribution in [-0.2, 0) is 15.8 Å². The Bertz CT molecular complexity index is 816. The Hall–Kier alpha value is -2.37. The van der Waals surface area contributed by atoms with Crippen LogP contribution in [0.1, 0.15) is 50.8 Å². The van der Waals surface area contributed by atoms with Crippen molar-refractivity contribution in [2.45, 2.75) is 70.5 Å². The maximum Gasteiger partial charge on any atom is 0.407 e. The molecule has 2 rings (SSSR count). The summed E-state index contributed by atoms with van der Waals surface area (Å²) in [5.41, 5.74) is 2.09. The SMILES string of the molecule is C=CC[C@H](C[C@H](O[Si](C)(C)C(C)(C)C)c1ccccc1)NC(=O)OCc1ccccc1. The normalized spacial score (nSPS) is 13.8. The van der Waals surface area contributed by atoms with Gasteiger partial charge >= 0.3 is 6.09 Å². The number of rotatable bonds is 10. The molecular formula is C26H37NO3Si. The number of nitrogens with one attached hydrogen (secondary N) is 1. The second kappa shape index (κ2) is 11.3. The second-order valence-corrected chi connectivity index (χ2v) is 14.2. The lowest BCUT2D eigenvalue weighted by Gasteiger charge is -2.40. The fraction of sp³-hybridized carbons (Fsp3) is 0.423. The molecule has 1 amide bonds. The number of hydrogen-bond donors (Lipinski definition) is 1. The maximum absolute atomic E-state index is 12.5. The fourth-order valence-corrected chi connectivity index (χ4v) is 4.35. The molecule has 0 heterocycles. The van der Waals surface area contributed by atoms with Gasteiger partial charge in [-0.1, -0.05) is 87.5 Å². The van der Waals surface area contributed by atoms with Gasteiger partial charge in [0.1, 0.15) is 6.61 Å². The molecule has 0 bridgehead atoms. The topological polar surface area (TPSA) is 47.6 Å². The highest BCUT2D eigenvalue weighted by atomic mass is 28.4. The van der Waals surface area contributed by atoms with Crippen LogP contribution in [0.2, 0.25) is 18.1 Å². The highest BCUT2D eigenvalue weighted by molar-refractivity contribution is 6.74. The third-order valence-electron chi connectivity index (χ3n) is 5.90. The number of benzene rings is 2. The van der Waals surface area contributed by atoms with Crippen molar-refractivity contribution in [2.75, 3.05) is 0 Å². The van der Waals surface area contributed by atoms with E-state index in [4.69, 9.17) is 9.16 Å². The predicted octanol–water partition coefficient (Wildman–Crippen LogP) is 7.01. The van der Waals surface area contributed by atoms with Crippen LogP contribution in [0, 0.1) is 0 Å². The summed E-state index contributed by atoms with van der Waals surface area (Å²) in [6, 6.07) is 19.8. The summed E-state index contributed by atoms with van der Waals surface area (Å²) in [7, 11) is -2.01. The van der Waals surface area contributed by atoms with Crippen molar-refractivity contribution >= 4 is 14.4 Å². The minimum atomic E-state index is -2.01. The molecule has 2 atom stereocenters. The van der Waals surface area contributed by atoms with Crippen LogP contribution in [-0.4, -0.2) is 20.5 Å². The Morgan fingerprint density at radius 3 is 2.19 bits per heavy atom. The Morgan fingerprint density at radius 1 is 1.06 bits per heavy atom. The first-order chi connectivity index (χ1) is 14.6. The van der Waals surface area contributed by atoms with E-state index in [1.807, 2.05) is 54.6 Å². The molecule has 4 nitrogen and oxygen atoms in total. The van der Waals surface area contributed by atoms with E-state index in [2.05, 4.69) is 57.9 Å². The standard InChI is InChI=1S/C26H37NO3Si/c1-7-14-23(27-25(28)29-20-21-15-10-8-11-16-21)19-24(22-17-12-9-13-18-22)30-31(5,6)26(2,3)4/h7-13,15-18,23-24H,1,14,19-20H2,2-6H3,(H,27,28)/t23-,24+/m1/s1. The van der Waals surface area contributed by atoms with Crippen LogP contribution in [0.5, 0.6) is 0 Å². The summed E-state index contributed by atoms with van der Waals surface area (Å²) < 4.78 is 12.2. The molecule has 5 heteroatoms. The molecule has 2 aromatic rings. The lowest BCUT2D eigenvalue weighted by Crippen LogP contribution is -2.43. The maximum atomic E-state index is 12.5. The molecule has 0 aliphatic heterocycles. The van der Waals surface area contributed by atoms with Crippen LogP contribution in [0.3, 0.4) is 0 Å². The average molecular weight is 440 g/mol.